The summed E-state index contributed by atoms with van der Waals surface area (Å²) in [5.41, 5.74) is 1.61. The highest BCUT2D eigenvalue weighted by Crippen LogP contribution is 2.37. The molecule has 0 radical (unpaired) electrons. The number of benzene rings is 1. The van der Waals surface area contributed by atoms with Crippen LogP contribution in [0.1, 0.15) is 47.0 Å². The van der Waals surface area contributed by atoms with Gasteiger partial charge in [0.1, 0.15) is 16.4 Å². The summed E-state index contributed by atoms with van der Waals surface area (Å²) < 4.78 is 7.25. The number of furan rings is 1. The van der Waals surface area contributed by atoms with Gasteiger partial charge in [-0.25, -0.2) is 9.97 Å². The van der Waals surface area contributed by atoms with Gasteiger partial charge in [0, 0.05) is 4.88 Å². The Hall–Kier alpha value is -3.17. The van der Waals surface area contributed by atoms with Crippen molar-refractivity contribution in [2.75, 3.05) is 0 Å². The van der Waals surface area contributed by atoms with Crippen LogP contribution in [0.4, 0.5) is 0 Å². The Morgan fingerprint density at radius 2 is 2.00 bits per heavy atom. The zero-order chi connectivity index (χ0) is 23.2. The molecule has 1 atom stereocenters. The summed E-state index contributed by atoms with van der Waals surface area (Å²) in [6.07, 6.45) is 5.80. The Bertz CT molecular complexity index is 1630. The average molecular weight is 491 g/mol. The van der Waals surface area contributed by atoms with Crippen LogP contribution >= 0.6 is 23.1 Å². The summed E-state index contributed by atoms with van der Waals surface area (Å²) in [5.74, 6) is 1.25. The molecule has 0 amide bonds. The summed E-state index contributed by atoms with van der Waals surface area (Å²) in [6, 6.07) is 11.0. The van der Waals surface area contributed by atoms with Gasteiger partial charge < -0.3 is 9.40 Å². The van der Waals surface area contributed by atoms with Crippen molar-refractivity contribution in [3.63, 3.8) is 0 Å². The van der Waals surface area contributed by atoms with Crippen LogP contribution in [0.2, 0.25) is 0 Å². The zero-order valence-corrected chi connectivity index (χ0v) is 20.2. The molecule has 1 aliphatic rings. The number of fused-ring (bicyclic) bond motifs is 4. The Morgan fingerprint density at radius 3 is 2.85 bits per heavy atom. The van der Waals surface area contributed by atoms with Gasteiger partial charge in [-0.1, -0.05) is 23.9 Å². The molecule has 0 saturated heterocycles. The fourth-order valence-corrected chi connectivity index (χ4v) is 6.79. The van der Waals surface area contributed by atoms with Gasteiger partial charge >= 0.3 is 0 Å². The lowest BCUT2D eigenvalue weighted by Gasteiger charge is -2.15. The highest BCUT2D eigenvalue weighted by atomic mass is 32.2. The second-order valence-electron chi connectivity index (χ2n) is 8.48. The van der Waals surface area contributed by atoms with E-state index >= 15 is 0 Å². The second-order valence-corrected chi connectivity index (χ2v) is 10.9. The molecular weight excluding hydrogens is 468 g/mol. The van der Waals surface area contributed by atoms with E-state index in [1.165, 1.54) is 22.2 Å². The van der Waals surface area contributed by atoms with Crippen molar-refractivity contribution in [2.45, 2.75) is 49.6 Å². The first-order valence-corrected chi connectivity index (χ1v) is 13.0. The van der Waals surface area contributed by atoms with E-state index in [0.29, 0.717) is 34.2 Å². The minimum atomic E-state index is -0.223. The SMILES string of the molecule is CC(Sc1nc2sc3c(c2c(=O)n1Cc1ccco1)CCCC3)c1nc2ccccc2c(=O)[nH]1. The summed E-state index contributed by atoms with van der Waals surface area (Å²) >= 11 is 3.06. The number of rotatable bonds is 5. The number of thiophene rings is 1. The third kappa shape index (κ3) is 3.69. The maximum atomic E-state index is 13.8. The minimum Gasteiger partial charge on any atom is -0.467 e. The number of aryl methyl sites for hydroxylation is 2. The van der Waals surface area contributed by atoms with Crippen LogP contribution in [-0.2, 0) is 19.4 Å². The fourth-order valence-electron chi connectivity index (χ4n) is 4.52. The Balaban J connectivity index is 1.46. The maximum absolute atomic E-state index is 13.8. The lowest BCUT2D eigenvalue weighted by molar-refractivity contribution is 0.476. The number of nitrogens with zero attached hydrogens (tertiary/aromatic N) is 3. The van der Waals surface area contributed by atoms with E-state index in [9.17, 15) is 9.59 Å². The number of hydrogen-bond donors (Lipinski definition) is 1. The molecule has 7 nitrogen and oxygen atoms in total. The molecule has 5 aromatic rings. The third-order valence-corrected chi connectivity index (χ3v) is 8.52. The molecule has 0 bridgehead atoms. The van der Waals surface area contributed by atoms with E-state index in [1.807, 2.05) is 37.3 Å². The monoisotopic (exact) mass is 490 g/mol. The predicted octanol–water partition coefficient (Wildman–Crippen LogP) is 5.07. The van der Waals surface area contributed by atoms with Crippen molar-refractivity contribution in [1.82, 2.24) is 19.5 Å². The largest absolute Gasteiger partial charge is 0.467 e. The van der Waals surface area contributed by atoms with Crippen LogP contribution in [0.3, 0.4) is 0 Å². The normalized spacial score (nSPS) is 14.5. The molecule has 0 fully saturated rings. The van der Waals surface area contributed by atoms with Gasteiger partial charge in [-0.3, -0.25) is 14.2 Å². The van der Waals surface area contributed by atoms with Crippen LogP contribution in [0.5, 0.6) is 0 Å². The van der Waals surface area contributed by atoms with E-state index in [-0.39, 0.29) is 16.4 Å². The van der Waals surface area contributed by atoms with Gasteiger partial charge in [0.25, 0.3) is 11.1 Å². The van der Waals surface area contributed by atoms with Crippen molar-refractivity contribution in [1.29, 1.82) is 0 Å². The zero-order valence-electron chi connectivity index (χ0n) is 18.5. The Labute approximate surface area is 202 Å². The Kier molecular flexibility index (Phi) is 5.38. The van der Waals surface area contributed by atoms with Gasteiger partial charge in [-0.2, -0.15) is 0 Å². The summed E-state index contributed by atoms with van der Waals surface area (Å²) in [5, 5.41) is 1.68. The molecule has 172 valence electrons. The van der Waals surface area contributed by atoms with Crippen LogP contribution in [0.15, 0.2) is 61.8 Å². The van der Waals surface area contributed by atoms with E-state index in [2.05, 4.69) is 9.97 Å². The predicted molar refractivity (Wildman–Crippen MR) is 135 cm³/mol. The van der Waals surface area contributed by atoms with Crippen molar-refractivity contribution >= 4 is 44.2 Å². The quantitative estimate of drug-likeness (QED) is 0.273. The first-order chi connectivity index (χ1) is 16.6. The third-order valence-electron chi connectivity index (χ3n) is 6.23. The van der Waals surface area contributed by atoms with Crippen LogP contribution < -0.4 is 11.1 Å². The fraction of sp³-hybridized carbons (Fsp3) is 0.280. The summed E-state index contributed by atoms with van der Waals surface area (Å²) in [4.78, 5) is 41.0. The second kappa shape index (κ2) is 8.56. The van der Waals surface area contributed by atoms with Crippen LogP contribution in [-0.4, -0.2) is 19.5 Å². The molecule has 34 heavy (non-hydrogen) atoms. The van der Waals surface area contributed by atoms with Gasteiger partial charge in [-0.05, 0) is 62.4 Å². The molecule has 0 spiro atoms. The van der Waals surface area contributed by atoms with E-state index in [1.54, 1.807) is 28.2 Å². The number of thioether (sulfide) groups is 1. The standard InChI is InChI=1S/C25H22N4O3S2/c1-14(21-26-18-10-4-2-8-16(18)22(30)27-21)33-25-28-23-20(17-9-3-5-11-19(17)34-23)24(31)29(25)13-15-7-6-12-32-15/h2,4,6-8,10,12,14H,3,5,9,11,13H2,1H3,(H,26,27,30). The van der Waals surface area contributed by atoms with Gasteiger partial charge in [-0.15, -0.1) is 11.3 Å². The molecule has 0 aliphatic heterocycles. The van der Waals surface area contributed by atoms with E-state index in [0.717, 1.165) is 35.9 Å². The van der Waals surface area contributed by atoms with E-state index < -0.39 is 0 Å². The molecule has 4 aromatic heterocycles. The molecule has 4 heterocycles. The number of aromatic nitrogens is 4. The number of nitrogens with one attached hydrogen (secondary N) is 1. The number of hydrogen-bond acceptors (Lipinski definition) is 7. The molecule has 0 saturated carbocycles. The van der Waals surface area contributed by atoms with Crippen molar-refractivity contribution < 1.29 is 4.42 Å². The minimum absolute atomic E-state index is 0.0320. The van der Waals surface area contributed by atoms with E-state index in [4.69, 9.17) is 9.40 Å². The summed E-state index contributed by atoms with van der Waals surface area (Å²) in [6.45, 7) is 2.26. The molecule has 1 unspecified atom stereocenters. The topological polar surface area (TPSA) is 93.8 Å². The molecule has 1 N–H and O–H groups in total. The smallest absolute Gasteiger partial charge is 0.263 e. The first-order valence-electron chi connectivity index (χ1n) is 11.3. The Morgan fingerprint density at radius 1 is 1.15 bits per heavy atom. The number of para-hydroxylation sites is 1. The van der Waals surface area contributed by atoms with Gasteiger partial charge in [0.15, 0.2) is 5.16 Å². The van der Waals surface area contributed by atoms with Gasteiger partial charge in [0.05, 0.1) is 34.3 Å². The van der Waals surface area contributed by atoms with Gasteiger partial charge in [0.2, 0.25) is 0 Å². The van der Waals surface area contributed by atoms with Crippen LogP contribution in [0, 0.1) is 0 Å². The number of aromatic amines is 1. The number of H-pyrrole nitrogens is 1. The molecule has 1 aliphatic carbocycles. The van der Waals surface area contributed by atoms with Crippen molar-refractivity contribution in [2.24, 2.45) is 0 Å². The molecule has 9 heteroatoms. The maximum Gasteiger partial charge on any atom is 0.263 e. The lowest BCUT2D eigenvalue weighted by Crippen LogP contribution is -2.24. The molecular formula is C25H22N4O3S2. The highest BCUT2D eigenvalue weighted by molar-refractivity contribution is 7.99. The molecule has 1 aromatic carbocycles. The average Bonchev–Trinajstić information content (AvgIpc) is 3.49. The molecule has 6 rings (SSSR count). The highest BCUT2D eigenvalue weighted by Gasteiger charge is 2.24. The summed E-state index contributed by atoms with van der Waals surface area (Å²) in [7, 11) is 0. The van der Waals surface area contributed by atoms with Crippen LogP contribution in [0.25, 0.3) is 21.1 Å². The lowest BCUT2D eigenvalue weighted by atomic mass is 9.97. The first kappa shape index (κ1) is 21.4. The van der Waals surface area contributed by atoms with Crippen molar-refractivity contribution in [3.05, 3.63) is 85.4 Å². The van der Waals surface area contributed by atoms with Crippen molar-refractivity contribution in [3.8, 4) is 0 Å².